The topological polar surface area (TPSA) is 0 Å². The number of rotatable bonds is 3. The molecule has 1 aromatic heterocycles. The molecule has 0 saturated heterocycles. The van der Waals surface area contributed by atoms with E-state index in [4.69, 9.17) is 0 Å². The Balaban J connectivity index is 1.17. The summed E-state index contributed by atoms with van der Waals surface area (Å²) < 4.78 is 2.68. The average molecular weight is 737 g/mol. The first kappa shape index (κ1) is 31.2. The second kappa shape index (κ2) is 11.7. The Morgan fingerprint density at radius 3 is 1.44 bits per heavy atom. The molecule has 0 radical (unpaired) electrons. The molecule has 0 unspecified atom stereocenters. The van der Waals surface area contributed by atoms with Gasteiger partial charge in [0.05, 0.1) is 0 Å². The lowest BCUT2D eigenvalue weighted by Crippen LogP contribution is -1.94. The molecule has 0 amide bonds. The van der Waals surface area contributed by atoms with E-state index in [9.17, 15) is 0 Å². The predicted molar refractivity (Wildman–Crippen MR) is 248 cm³/mol. The zero-order chi connectivity index (χ0) is 37.2. The summed E-state index contributed by atoms with van der Waals surface area (Å²) in [6, 6.07) is 72.7. The lowest BCUT2D eigenvalue weighted by atomic mass is 9.82. The van der Waals surface area contributed by atoms with Gasteiger partial charge in [-0.1, -0.05) is 170 Å². The maximum atomic E-state index is 2.44. The van der Waals surface area contributed by atoms with Gasteiger partial charge in [-0.05, 0) is 128 Å². The van der Waals surface area contributed by atoms with Crippen molar-refractivity contribution in [1.29, 1.82) is 0 Å². The average Bonchev–Trinajstić information content (AvgIpc) is 3.83. The monoisotopic (exact) mass is 736 g/mol. The highest BCUT2D eigenvalue weighted by Crippen LogP contribution is 2.59. The standard InChI is InChI=1S/C56H32S/c1-3-14-35-30-38(26-24-33(35)12-1)50-43-18-7-8-19-44(43)51(39-27-25-34-13-2-4-15-36(34)31-39)55-47-29-28-41(42-21-11-22-46(52(42)47)54(50)55)48-32-37-16-5-6-17-40(37)53-45-20-9-10-23-49(45)57-56(48)53/h1-32H. The van der Waals surface area contributed by atoms with Crippen LogP contribution >= 0.6 is 11.3 Å². The summed E-state index contributed by atoms with van der Waals surface area (Å²) in [4.78, 5) is 0. The molecule has 1 heteroatoms. The molecule has 0 saturated carbocycles. The van der Waals surface area contributed by atoms with Crippen molar-refractivity contribution in [3.63, 3.8) is 0 Å². The lowest BCUT2D eigenvalue weighted by Gasteiger charge is -2.21. The molecule has 1 aliphatic carbocycles. The van der Waals surface area contributed by atoms with Crippen molar-refractivity contribution in [1.82, 2.24) is 0 Å². The molecule has 0 aliphatic heterocycles. The van der Waals surface area contributed by atoms with E-state index in [1.165, 1.54) is 130 Å². The van der Waals surface area contributed by atoms with Gasteiger partial charge in [-0.3, -0.25) is 0 Å². The van der Waals surface area contributed by atoms with Crippen LogP contribution in [-0.2, 0) is 0 Å². The summed E-state index contributed by atoms with van der Waals surface area (Å²) in [7, 11) is 0. The van der Waals surface area contributed by atoms with Crippen molar-refractivity contribution in [3.05, 3.63) is 194 Å². The van der Waals surface area contributed by atoms with Crippen LogP contribution in [0.15, 0.2) is 194 Å². The Hall–Kier alpha value is -7.06. The molecule has 0 spiro atoms. The Kier molecular flexibility index (Phi) is 6.41. The molecule has 0 atom stereocenters. The van der Waals surface area contributed by atoms with Gasteiger partial charge in [-0.25, -0.2) is 0 Å². The molecule has 0 nitrogen and oxygen atoms in total. The van der Waals surface area contributed by atoms with E-state index in [1.54, 1.807) is 0 Å². The molecule has 0 fully saturated rings. The lowest BCUT2D eigenvalue weighted by molar-refractivity contribution is 1.65. The van der Waals surface area contributed by atoms with E-state index in [2.05, 4.69) is 194 Å². The van der Waals surface area contributed by atoms with Crippen LogP contribution in [0.3, 0.4) is 0 Å². The van der Waals surface area contributed by atoms with Crippen LogP contribution in [0.25, 0.3) is 130 Å². The van der Waals surface area contributed by atoms with E-state index in [-0.39, 0.29) is 0 Å². The normalized spacial score (nSPS) is 12.2. The zero-order valence-corrected chi connectivity index (χ0v) is 31.7. The molecule has 0 bridgehead atoms. The van der Waals surface area contributed by atoms with Gasteiger partial charge in [0.1, 0.15) is 0 Å². The van der Waals surface area contributed by atoms with Crippen LogP contribution in [0.4, 0.5) is 0 Å². The maximum absolute atomic E-state index is 2.44. The van der Waals surface area contributed by atoms with Crippen LogP contribution in [0.5, 0.6) is 0 Å². The number of hydrogen-bond acceptors (Lipinski definition) is 1. The van der Waals surface area contributed by atoms with Crippen LogP contribution in [0.2, 0.25) is 0 Å². The molecular weight excluding hydrogens is 705 g/mol. The van der Waals surface area contributed by atoms with Crippen LogP contribution in [-0.4, -0.2) is 0 Å². The van der Waals surface area contributed by atoms with Gasteiger partial charge in [-0.2, -0.15) is 0 Å². The summed E-state index contributed by atoms with van der Waals surface area (Å²) in [5.41, 5.74) is 13.0. The van der Waals surface area contributed by atoms with Gasteiger partial charge in [-0.15, -0.1) is 11.3 Å². The second-order valence-corrected chi connectivity index (χ2v) is 16.6. The van der Waals surface area contributed by atoms with Crippen molar-refractivity contribution in [2.75, 3.05) is 0 Å². The summed E-state index contributed by atoms with van der Waals surface area (Å²) in [5.74, 6) is 0. The Morgan fingerprint density at radius 2 is 0.772 bits per heavy atom. The summed E-state index contributed by atoms with van der Waals surface area (Å²) in [6.07, 6.45) is 0. The fraction of sp³-hybridized carbons (Fsp3) is 0. The highest BCUT2D eigenvalue weighted by molar-refractivity contribution is 7.26. The van der Waals surface area contributed by atoms with E-state index >= 15 is 0 Å². The summed E-state index contributed by atoms with van der Waals surface area (Å²) in [5, 5.41) is 15.5. The number of thiophene rings is 1. The number of benzene rings is 11. The Labute approximate surface area is 333 Å². The van der Waals surface area contributed by atoms with Gasteiger partial charge in [0.25, 0.3) is 0 Å². The summed E-state index contributed by atoms with van der Waals surface area (Å²) >= 11 is 1.92. The fourth-order valence-corrected chi connectivity index (χ4v) is 11.3. The molecular formula is C56H32S. The molecule has 262 valence electrons. The Morgan fingerprint density at radius 1 is 0.263 bits per heavy atom. The number of hydrogen-bond donors (Lipinski definition) is 0. The van der Waals surface area contributed by atoms with Crippen molar-refractivity contribution in [3.8, 4) is 55.6 Å². The maximum Gasteiger partial charge on any atom is 0.0440 e. The Bertz CT molecular complexity index is 3560. The second-order valence-electron chi connectivity index (χ2n) is 15.5. The van der Waals surface area contributed by atoms with E-state index in [1.807, 2.05) is 11.3 Å². The van der Waals surface area contributed by atoms with Gasteiger partial charge >= 0.3 is 0 Å². The first-order valence-corrected chi connectivity index (χ1v) is 20.6. The molecule has 1 heterocycles. The first-order valence-electron chi connectivity index (χ1n) is 19.8. The third-order valence-electron chi connectivity index (χ3n) is 12.5. The minimum atomic E-state index is 1.25. The number of fused-ring (bicyclic) bond motifs is 11. The van der Waals surface area contributed by atoms with E-state index in [0.717, 1.165) is 0 Å². The van der Waals surface area contributed by atoms with E-state index in [0.29, 0.717) is 0 Å². The van der Waals surface area contributed by atoms with E-state index < -0.39 is 0 Å². The molecule has 0 N–H and O–H groups in total. The van der Waals surface area contributed by atoms with Crippen molar-refractivity contribution < 1.29 is 0 Å². The molecule has 1 aliphatic rings. The molecule has 11 aromatic carbocycles. The highest BCUT2D eigenvalue weighted by atomic mass is 32.1. The van der Waals surface area contributed by atoms with Crippen LogP contribution in [0.1, 0.15) is 0 Å². The third-order valence-corrected chi connectivity index (χ3v) is 13.7. The van der Waals surface area contributed by atoms with Gasteiger partial charge in [0, 0.05) is 25.7 Å². The third kappa shape index (κ3) is 4.38. The first-order chi connectivity index (χ1) is 28.3. The van der Waals surface area contributed by atoms with Gasteiger partial charge in [0.15, 0.2) is 0 Å². The van der Waals surface area contributed by atoms with Crippen LogP contribution < -0.4 is 0 Å². The van der Waals surface area contributed by atoms with Crippen molar-refractivity contribution in [2.24, 2.45) is 0 Å². The molecule has 13 rings (SSSR count). The molecule has 12 aromatic rings. The van der Waals surface area contributed by atoms with Gasteiger partial charge < -0.3 is 0 Å². The van der Waals surface area contributed by atoms with Crippen LogP contribution in [0, 0.1) is 0 Å². The highest BCUT2D eigenvalue weighted by Gasteiger charge is 2.31. The zero-order valence-electron chi connectivity index (χ0n) is 30.9. The van der Waals surface area contributed by atoms with Gasteiger partial charge in [0.2, 0.25) is 0 Å². The predicted octanol–water partition coefficient (Wildman–Crippen LogP) is 16.5. The SMILES string of the molecule is c1ccc2cc(-c3c4c(c(-c5ccc6ccccc6c5)c5ccccc35)-c3ccc(-c5cc6ccccc6c6c5sc5ccccc56)c5cccc-4c35)ccc2c1. The quantitative estimate of drug-likeness (QED) is 0.169. The van der Waals surface area contributed by atoms with Crippen molar-refractivity contribution >= 4 is 85.4 Å². The summed E-state index contributed by atoms with van der Waals surface area (Å²) in [6.45, 7) is 0. The molecule has 57 heavy (non-hydrogen) atoms. The minimum absolute atomic E-state index is 1.25. The smallest absolute Gasteiger partial charge is 0.0440 e. The van der Waals surface area contributed by atoms with Crippen molar-refractivity contribution in [2.45, 2.75) is 0 Å². The largest absolute Gasteiger partial charge is 0.135 e. The fourth-order valence-electron chi connectivity index (χ4n) is 10.1. The minimum Gasteiger partial charge on any atom is -0.135 e.